The van der Waals surface area contributed by atoms with Gasteiger partial charge in [-0.1, -0.05) is 30.4 Å². The number of pyridine rings is 1. The van der Waals surface area contributed by atoms with Crippen LogP contribution in [0.25, 0.3) is 10.9 Å². The lowest BCUT2D eigenvalue weighted by atomic mass is 9.86. The number of para-hydroxylation sites is 1. The molecule has 148 valence electrons. The second-order valence-electron chi connectivity index (χ2n) is 8.47. The number of allylic oxidation sites excluding steroid dienone is 2. The normalized spacial score (nSPS) is 26.4. The molecule has 30 heavy (non-hydrogen) atoms. The van der Waals surface area contributed by atoms with E-state index in [0.29, 0.717) is 29.0 Å². The van der Waals surface area contributed by atoms with E-state index in [4.69, 9.17) is 0 Å². The summed E-state index contributed by atoms with van der Waals surface area (Å²) in [5.74, 6) is 1.59. The molecule has 3 aromatic rings. The zero-order valence-corrected chi connectivity index (χ0v) is 16.4. The standard InChI is InChI=1S/C25H21N3O2/c29-24(27-21-5-1-3-15-4-2-12-26-23(15)21)16-8-10-19(11-9-16)28-14-20-17-6-7-18(13-17)22(20)25(28)30/h1-12,17-18,20,22H,13-14H2,(H,27,29)/t17-,18+,20-,22+/m1/s1. The first-order valence-corrected chi connectivity index (χ1v) is 10.4. The summed E-state index contributed by atoms with van der Waals surface area (Å²) in [6.45, 7) is 0.780. The third kappa shape index (κ3) is 2.58. The third-order valence-corrected chi connectivity index (χ3v) is 6.89. The van der Waals surface area contributed by atoms with Crippen molar-refractivity contribution in [3.8, 4) is 0 Å². The second-order valence-corrected chi connectivity index (χ2v) is 8.47. The van der Waals surface area contributed by atoms with E-state index in [1.807, 2.05) is 47.4 Å². The van der Waals surface area contributed by atoms with E-state index in [2.05, 4.69) is 22.5 Å². The van der Waals surface area contributed by atoms with Crippen molar-refractivity contribution in [2.45, 2.75) is 6.42 Å². The lowest BCUT2D eigenvalue weighted by molar-refractivity contribution is -0.121. The van der Waals surface area contributed by atoms with Crippen LogP contribution in [-0.2, 0) is 4.79 Å². The molecule has 2 fully saturated rings. The summed E-state index contributed by atoms with van der Waals surface area (Å²) in [5.41, 5.74) is 2.88. The van der Waals surface area contributed by atoms with Crippen molar-refractivity contribution >= 4 is 34.1 Å². The van der Waals surface area contributed by atoms with E-state index < -0.39 is 0 Å². The maximum Gasteiger partial charge on any atom is 0.255 e. The molecule has 5 nitrogen and oxygen atoms in total. The zero-order chi connectivity index (χ0) is 20.2. The molecule has 2 aliphatic carbocycles. The van der Waals surface area contributed by atoms with Crippen LogP contribution >= 0.6 is 0 Å². The van der Waals surface area contributed by atoms with Crippen LogP contribution in [0.1, 0.15) is 16.8 Å². The predicted molar refractivity (Wildman–Crippen MR) is 116 cm³/mol. The monoisotopic (exact) mass is 395 g/mol. The van der Waals surface area contributed by atoms with Crippen LogP contribution in [0, 0.1) is 23.7 Å². The van der Waals surface area contributed by atoms with Crippen molar-refractivity contribution in [2.24, 2.45) is 23.7 Å². The summed E-state index contributed by atoms with van der Waals surface area (Å²) in [7, 11) is 0. The van der Waals surface area contributed by atoms with Gasteiger partial charge in [-0.3, -0.25) is 14.6 Å². The number of aromatic nitrogens is 1. The van der Waals surface area contributed by atoms with E-state index in [1.54, 1.807) is 18.3 Å². The molecule has 1 N–H and O–H groups in total. The van der Waals surface area contributed by atoms with Gasteiger partial charge in [-0.25, -0.2) is 0 Å². The van der Waals surface area contributed by atoms with Crippen molar-refractivity contribution in [1.82, 2.24) is 4.98 Å². The number of rotatable bonds is 3. The molecular formula is C25H21N3O2. The number of hydrogen-bond donors (Lipinski definition) is 1. The van der Waals surface area contributed by atoms with Crippen LogP contribution in [-0.4, -0.2) is 23.3 Å². The van der Waals surface area contributed by atoms with E-state index in [1.165, 1.54) is 0 Å². The number of nitrogens with zero attached hydrogens (tertiary/aromatic N) is 2. The number of benzene rings is 2. The fourth-order valence-corrected chi connectivity index (χ4v) is 5.45. The summed E-state index contributed by atoms with van der Waals surface area (Å²) in [4.78, 5) is 32.0. The summed E-state index contributed by atoms with van der Waals surface area (Å²) < 4.78 is 0. The van der Waals surface area contributed by atoms with Crippen LogP contribution in [0.2, 0.25) is 0 Å². The van der Waals surface area contributed by atoms with Crippen molar-refractivity contribution in [3.63, 3.8) is 0 Å². The van der Waals surface area contributed by atoms with E-state index >= 15 is 0 Å². The molecule has 2 amide bonds. The third-order valence-electron chi connectivity index (χ3n) is 6.89. The maximum atomic E-state index is 13.0. The van der Waals surface area contributed by atoms with Crippen molar-refractivity contribution in [2.75, 3.05) is 16.8 Å². The summed E-state index contributed by atoms with van der Waals surface area (Å²) in [6, 6.07) is 16.9. The quantitative estimate of drug-likeness (QED) is 0.674. The van der Waals surface area contributed by atoms with E-state index in [-0.39, 0.29) is 17.7 Å². The molecule has 4 atom stereocenters. The van der Waals surface area contributed by atoms with Crippen LogP contribution in [0.5, 0.6) is 0 Å². The van der Waals surface area contributed by atoms with Gasteiger partial charge in [0.2, 0.25) is 5.91 Å². The summed E-state index contributed by atoms with van der Waals surface area (Å²) >= 11 is 0. The van der Waals surface area contributed by atoms with Crippen LogP contribution in [0.4, 0.5) is 11.4 Å². The highest BCUT2D eigenvalue weighted by Crippen LogP contribution is 2.52. The van der Waals surface area contributed by atoms with Crippen molar-refractivity contribution in [1.29, 1.82) is 0 Å². The van der Waals surface area contributed by atoms with Gasteiger partial charge in [0.1, 0.15) is 0 Å². The highest BCUT2D eigenvalue weighted by Gasteiger charge is 2.54. The highest BCUT2D eigenvalue weighted by molar-refractivity contribution is 6.08. The topological polar surface area (TPSA) is 62.3 Å². The number of carbonyl (C=O) groups excluding carboxylic acids is 2. The number of nitrogens with one attached hydrogen (secondary N) is 1. The average Bonchev–Trinajstić information content (AvgIpc) is 3.48. The Balaban J connectivity index is 1.21. The Kier molecular flexibility index (Phi) is 3.78. The minimum Gasteiger partial charge on any atom is -0.320 e. The van der Waals surface area contributed by atoms with Gasteiger partial charge in [0.15, 0.2) is 0 Å². The fourth-order valence-electron chi connectivity index (χ4n) is 5.45. The van der Waals surface area contributed by atoms with Gasteiger partial charge >= 0.3 is 0 Å². The zero-order valence-electron chi connectivity index (χ0n) is 16.4. The van der Waals surface area contributed by atoms with Gasteiger partial charge in [0, 0.05) is 35.3 Å². The molecule has 5 heteroatoms. The van der Waals surface area contributed by atoms with Gasteiger partial charge in [-0.2, -0.15) is 0 Å². The minimum atomic E-state index is -0.188. The Hall–Kier alpha value is -3.47. The molecule has 2 aromatic carbocycles. The molecule has 0 radical (unpaired) electrons. The Morgan fingerprint density at radius 3 is 2.63 bits per heavy atom. The smallest absolute Gasteiger partial charge is 0.255 e. The van der Waals surface area contributed by atoms with Gasteiger partial charge in [0.25, 0.3) is 5.91 Å². The van der Waals surface area contributed by atoms with E-state index in [9.17, 15) is 9.59 Å². The lowest BCUT2D eigenvalue weighted by Crippen LogP contribution is -2.29. The molecular weight excluding hydrogens is 374 g/mol. The van der Waals surface area contributed by atoms with Gasteiger partial charge in [-0.05, 0) is 60.6 Å². The molecule has 1 aliphatic heterocycles. The van der Waals surface area contributed by atoms with Crippen molar-refractivity contribution < 1.29 is 9.59 Å². The number of anilines is 2. The Bertz CT molecular complexity index is 1200. The number of hydrogen-bond acceptors (Lipinski definition) is 3. The molecule has 2 heterocycles. The molecule has 0 spiro atoms. The fraction of sp³-hybridized carbons (Fsp3) is 0.240. The first-order valence-electron chi connectivity index (χ1n) is 10.4. The maximum absolute atomic E-state index is 13.0. The molecule has 1 aromatic heterocycles. The predicted octanol–water partition coefficient (Wildman–Crippen LogP) is 4.27. The first kappa shape index (κ1) is 17.4. The van der Waals surface area contributed by atoms with Gasteiger partial charge in [-0.15, -0.1) is 0 Å². The molecule has 1 saturated heterocycles. The van der Waals surface area contributed by atoms with Gasteiger partial charge < -0.3 is 10.2 Å². The van der Waals surface area contributed by atoms with E-state index in [0.717, 1.165) is 29.6 Å². The number of amides is 2. The molecule has 1 saturated carbocycles. The number of carbonyl (C=O) groups is 2. The second kappa shape index (κ2) is 6.52. The summed E-state index contributed by atoms with van der Waals surface area (Å²) in [6.07, 6.45) is 7.37. The highest BCUT2D eigenvalue weighted by atomic mass is 16.2. The first-order chi connectivity index (χ1) is 14.7. The molecule has 0 unspecified atom stereocenters. The molecule has 3 aliphatic rings. The van der Waals surface area contributed by atoms with Crippen LogP contribution < -0.4 is 10.2 Å². The van der Waals surface area contributed by atoms with Crippen molar-refractivity contribution in [3.05, 3.63) is 78.5 Å². The Labute approximate surface area is 174 Å². The number of fused-ring (bicyclic) bond motifs is 6. The SMILES string of the molecule is O=C(Nc1cccc2cccnc12)c1ccc(N2C[C@H]3[C@@H](C2=O)[C@H]2C=C[C@@H]3C2)cc1. The molecule has 2 bridgehead atoms. The van der Waals surface area contributed by atoms with Crippen LogP contribution in [0.3, 0.4) is 0 Å². The minimum absolute atomic E-state index is 0.141. The van der Waals surface area contributed by atoms with Crippen LogP contribution in [0.15, 0.2) is 72.9 Å². The molecule has 6 rings (SSSR count). The largest absolute Gasteiger partial charge is 0.320 e. The summed E-state index contributed by atoms with van der Waals surface area (Å²) in [5, 5.41) is 3.94. The Morgan fingerprint density at radius 1 is 1.00 bits per heavy atom. The lowest BCUT2D eigenvalue weighted by Gasteiger charge is -2.19. The average molecular weight is 395 g/mol. The Morgan fingerprint density at radius 2 is 1.80 bits per heavy atom. The van der Waals surface area contributed by atoms with Gasteiger partial charge in [0.05, 0.1) is 11.2 Å².